The maximum atomic E-state index is 12.7. The van der Waals surface area contributed by atoms with Crippen LogP contribution in [0.5, 0.6) is 0 Å². The summed E-state index contributed by atoms with van der Waals surface area (Å²) in [6.45, 7) is 2.49. The molecule has 0 bridgehead atoms. The smallest absolute Gasteiger partial charge is 0.243 e. The maximum absolute atomic E-state index is 12.7. The van der Waals surface area contributed by atoms with Gasteiger partial charge in [0.25, 0.3) is 0 Å². The molecule has 0 unspecified atom stereocenters. The normalized spacial score (nSPS) is 16.3. The molecule has 1 aromatic heterocycles. The molecule has 28 heavy (non-hydrogen) atoms. The fraction of sp³-hybridized carbons (Fsp3) is 0.263. The lowest BCUT2D eigenvalue weighted by atomic mass is 10.2. The SMILES string of the molecule is O=S(=O)(c1ccccc1)N1CCN(Cc2nc(-c3ccccc3Cl)no2)CC1. The van der Waals surface area contributed by atoms with Crippen LogP contribution in [0.1, 0.15) is 5.89 Å². The van der Waals surface area contributed by atoms with Gasteiger partial charge in [-0.25, -0.2) is 8.42 Å². The van der Waals surface area contributed by atoms with Gasteiger partial charge in [-0.1, -0.05) is 47.1 Å². The zero-order chi connectivity index (χ0) is 19.6. The van der Waals surface area contributed by atoms with Crippen molar-refractivity contribution in [3.05, 3.63) is 65.5 Å². The Morgan fingerprint density at radius 1 is 0.964 bits per heavy atom. The molecule has 0 aliphatic carbocycles. The van der Waals surface area contributed by atoms with Crippen LogP contribution in [0.4, 0.5) is 0 Å². The van der Waals surface area contributed by atoms with E-state index < -0.39 is 10.0 Å². The van der Waals surface area contributed by atoms with Crippen molar-refractivity contribution in [3.8, 4) is 11.4 Å². The number of sulfonamides is 1. The van der Waals surface area contributed by atoms with E-state index >= 15 is 0 Å². The van der Waals surface area contributed by atoms with Crippen molar-refractivity contribution in [1.29, 1.82) is 0 Å². The first-order valence-electron chi connectivity index (χ1n) is 8.89. The van der Waals surface area contributed by atoms with Gasteiger partial charge in [-0.3, -0.25) is 4.90 Å². The van der Waals surface area contributed by atoms with Crippen molar-refractivity contribution >= 4 is 21.6 Å². The number of hydrogen-bond donors (Lipinski definition) is 0. The monoisotopic (exact) mass is 418 g/mol. The van der Waals surface area contributed by atoms with Gasteiger partial charge in [-0.05, 0) is 24.3 Å². The third-order valence-electron chi connectivity index (χ3n) is 4.65. The Labute approximate surface area is 168 Å². The van der Waals surface area contributed by atoms with Gasteiger partial charge in [-0.2, -0.15) is 9.29 Å². The van der Waals surface area contributed by atoms with Gasteiger partial charge in [0.05, 0.1) is 16.5 Å². The number of piperazine rings is 1. The van der Waals surface area contributed by atoms with E-state index in [1.165, 1.54) is 4.31 Å². The van der Waals surface area contributed by atoms with Gasteiger partial charge in [0, 0.05) is 31.7 Å². The summed E-state index contributed by atoms with van der Waals surface area (Å²) in [4.78, 5) is 6.84. The minimum absolute atomic E-state index is 0.324. The maximum Gasteiger partial charge on any atom is 0.243 e. The van der Waals surface area contributed by atoms with Crippen molar-refractivity contribution in [3.63, 3.8) is 0 Å². The Hall–Kier alpha value is -2.26. The number of rotatable bonds is 5. The minimum atomic E-state index is -3.45. The standard InChI is InChI=1S/C19H19ClN4O3S/c20-17-9-5-4-8-16(17)19-21-18(27-22-19)14-23-10-12-24(13-11-23)28(25,26)15-6-2-1-3-7-15/h1-9H,10-14H2. The molecular weight excluding hydrogens is 400 g/mol. The number of nitrogens with zero attached hydrogens (tertiary/aromatic N) is 4. The number of aromatic nitrogens is 2. The molecule has 2 heterocycles. The van der Waals surface area contributed by atoms with Crippen LogP contribution in [0, 0.1) is 0 Å². The van der Waals surface area contributed by atoms with Crippen LogP contribution in [0.3, 0.4) is 0 Å². The highest BCUT2D eigenvalue weighted by Gasteiger charge is 2.29. The lowest BCUT2D eigenvalue weighted by Crippen LogP contribution is -2.48. The summed E-state index contributed by atoms with van der Waals surface area (Å²) in [7, 11) is -3.45. The number of halogens is 1. The molecule has 0 amide bonds. The van der Waals surface area contributed by atoms with E-state index in [1.54, 1.807) is 36.4 Å². The van der Waals surface area contributed by atoms with E-state index in [9.17, 15) is 8.42 Å². The molecule has 1 aliphatic rings. The van der Waals surface area contributed by atoms with Crippen LogP contribution >= 0.6 is 11.6 Å². The summed E-state index contributed by atoms with van der Waals surface area (Å²) >= 11 is 6.17. The Balaban J connectivity index is 1.38. The van der Waals surface area contributed by atoms with E-state index in [0.29, 0.717) is 54.4 Å². The second kappa shape index (κ2) is 8.00. The van der Waals surface area contributed by atoms with E-state index in [0.717, 1.165) is 5.56 Å². The second-order valence-electron chi connectivity index (χ2n) is 6.48. The van der Waals surface area contributed by atoms with Gasteiger partial charge in [-0.15, -0.1) is 0 Å². The largest absolute Gasteiger partial charge is 0.338 e. The van der Waals surface area contributed by atoms with E-state index in [4.69, 9.17) is 16.1 Å². The number of hydrogen-bond acceptors (Lipinski definition) is 6. The van der Waals surface area contributed by atoms with Crippen LogP contribution in [0.2, 0.25) is 5.02 Å². The van der Waals surface area contributed by atoms with Crippen LogP contribution in [0.25, 0.3) is 11.4 Å². The fourth-order valence-electron chi connectivity index (χ4n) is 3.13. The highest BCUT2D eigenvalue weighted by atomic mass is 35.5. The van der Waals surface area contributed by atoms with Gasteiger partial charge in [0.2, 0.25) is 21.7 Å². The third-order valence-corrected chi connectivity index (χ3v) is 6.90. The Morgan fingerprint density at radius 2 is 1.64 bits per heavy atom. The first kappa shape index (κ1) is 19.1. The zero-order valence-electron chi connectivity index (χ0n) is 15.0. The van der Waals surface area contributed by atoms with Gasteiger partial charge < -0.3 is 4.52 Å². The molecule has 0 atom stereocenters. The van der Waals surface area contributed by atoms with Crippen molar-refractivity contribution in [1.82, 2.24) is 19.3 Å². The van der Waals surface area contributed by atoms with E-state index in [1.807, 2.05) is 18.2 Å². The summed E-state index contributed by atoms with van der Waals surface area (Å²) in [6.07, 6.45) is 0. The van der Waals surface area contributed by atoms with Crippen molar-refractivity contribution in [2.24, 2.45) is 0 Å². The predicted octanol–water partition coefficient (Wildman–Crippen LogP) is 2.90. The third kappa shape index (κ3) is 3.95. The predicted molar refractivity (Wildman–Crippen MR) is 105 cm³/mol. The van der Waals surface area contributed by atoms with Crippen LogP contribution < -0.4 is 0 Å². The Kier molecular flexibility index (Phi) is 5.45. The molecule has 0 N–H and O–H groups in total. The van der Waals surface area contributed by atoms with Gasteiger partial charge in [0.1, 0.15) is 0 Å². The van der Waals surface area contributed by atoms with Gasteiger partial charge >= 0.3 is 0 Å². The molecule has 7 nitrogen and oxygen atoms in total. The highest BCUT2D eigenvalue weighted by Crippen LogP contribution is 2.25. The molecule has 0 radical (unpaired) electrons. The topological polar surface area (TPSA) is 79.5 Å². The molecule has 1 fully saturated rings. The lowest BCUT2D eigenvalue weighted by molar-refractivity contribution is 0.163. The summed E-state index contributed by atoms with van der Waals surface area (Å²) in [5.74, 6) is 0.931. The Bertz CT molecular complexity index is 1050. The van der Waals surface area contributed by atoms with E-state index in [-0.39, 0.29) is 0 Å². The van der Waals surface area contributed by atoms with Crippen LogP contribution in [0.15, 0.2) is 64.0 Å². The first-order valence-corrected chi connectivity index (χ1v) is 10.7. The molecular formula is C19H19ClN4O3S. The van der Waals surface area contributed by atoms with Crippen molar-refractivity contribution in [2.45, 2.75) is 11.4 Å². The highest BCUT2D eigenvalue weighted by molar-refractivity contribution is 7.89. The van der Waals surface area contributed by atoms with Crippen LogP contribution in [-0.2, 0) is 16.6 Å². The molecule has 9 heteroatoms. The average Bonchev–Trinajstić information content (AvgIpc) is 3.17. The molecule has 1 aliphatic heterocycles. The van der Waals surface area contributed by atoms with Crippen LogP contribution in [-0.4, -0.2) is 53.9 Å². The van der Waals surface area contributed by atoms with Gasteiger partial charge in [0.15, 0.2) is 0 Å². The zero-order valence-corrected chi connectivity index (χ0v) is 16.6. The average molecular weight is 419 g/mol. The number of benzene rings is 2. The lowest BCUT2D eigenvalue weighted by Gasteiger charge is -2.33. The quantitative estimate of drug-likeness (QED) is 0.633. The second-order valence-corrected chi connectivity index (χ2v) is 8.83. The summed E-state index contributed by atoms with van der Waals surface area (Å²) in [6, 6.07) is 15.8. The minimum Gasteiger partial charge on any atom is -0.338 e. The molecule has 4 rings (SSSR count). The molecule has 0 saturated carbocycles. The molecule has 2 aromatic carbocycles. The van der Waals surface area contributed by atoms with Crippen molar-refractivity contribution in [2.75, 3.05) is 26.2 Å². The fourth-order valence-corrected chi connectivity index (χ4v) is 4.80. The first-order chi connectivity index (χ1) is 13.5. The Morgan fingerprint density at radius 3 is 2.36 bits per heavy atom. The summed E-state index contributed by atoms with van der Waals surface area (Å²) < 4.78 is 32.3. The van der Waals surface area contributed by atoms with E-state index in [2.05, 4.69) is 15.0 Å². The molecule has 146 valence electrons. The summed E-state index contributed by atoms with van der Waals surface area (Å²) in [5, 5.41) is 4.57. The molecule has 0 spiro atoms. The molecule has 1 saturated heterocycles. The summed E-state index contributed by atoms with van der Waals surface area (Å²) in [5.41, 5.74) is 0.720. The molecule has 3 aromatic rings. The van der Waals surface area contributed by atoms with Crippen molar-refractivity contribution < 1.29 is 12.9 Å².